The van der Waals surface area contributed by atoms with Gasteiger partial charge < -0.3 is 10.5 Å². The highest BCUT2D eigenvalue weighted by Gasteiger charge is 2.15. The maximum Gasteiger partial charge on any atom is 0.179 e. The molecule has 0 radical (unpaired) electrons. The van der Waals surface area contributed by atoms with Crippen LogP contribution in [0.5, 0.6) is 5.75 Å². The van der Waals surface area contributed by atoms with E-state index >= 15 is 0 Å². The van der Waals surface area contributed by atoms with Gasteiger partial charge in [0.1, 0.15) is 5.75 Å². The summed E-state index contributed by atoms with van der Waals surface area (Å²) in [5.74, 6) is 0.795. The number of ether oxygens (including phenoxy) is 1. The summed E-state index contributed by atoms with van der Waals surface area (Å²) in [5, 5.41) is 0. The fourth-order valence-corrected chi connectivity index (χ4v) is 1.74. The SMILES string of the molecule is CCCCC(N)C(=O)c1ccc(OC(C)C)cc1. The average Bonchev–Trinajstić information content (AvgIpc) is 2.35. The molecule has 0 aliphatic carbocycles. The standard InChI is InChI=1S/C15H23NO2/c1-4-5-6-14(16)15(17)12-7-9-13(10-8-12)18-11(2)3/h7-11,14H,4-6,16H2,1-3H3. The van der Waals surface area contributed by atoms with Crippen molar-refractivity contribution in [1.82, 2.24) is 0 Å². The van der Waals surface area contributed by atoms with Crippen LogP contribution >= 0.6 is 0 Å². The molecule has 0 amide bonds. The minimum Gasteiger partial charge on any atom is -0.491 e. The highest BCUT2D eigenvalue weighted by atomic mass is 16.5. The first kappa shape index (κ1) is 14.7. The molecule has 0 aromatic heterocycles. The van der Waals surface area contributed by atoms with Gasteiger partial charge >= 0.3 is 0 Å². The van der Waals surface area contributed by atoms with Gasteiger partial charge in [0.05, 0.1) is 12.1 Å². The highest BCUT2D eigenvalue weighted by Crippen LogP contribution is 2.15. The maximum atomic E-state index is 12.0. The van der Waals surface area contributed by atoms with Crippen LogP contribution in [-0.4, -0.2) is 17.9 Å². The number of benzene rings is 1. The Kier molecular flexibility index (Phi) is 5.86. The molecule has 0 saturated carbocycles. The van der Waals surface area contributed by atoms with Gasteiger partial charge in [-0.05, 0) is 44.5 Å². The summed E-state index contributed by atoms with van der Waals surface area (Å²) in [7, 11) is 0. The highest BCUT2D eigenvalue weighted by molar-refractivity contribution is 6.00. The number of hydrogen-bond donors (Lipinski definition) is 1. The lowest BCUT2D eigenvalue weighted by molar-refractivity contribution is 0.0956. The van der Waals surface area contributed by atoms with E-state index in [0.717, 1.165) is 25.0 Å². The lowest BCUT2D eigenvalue weighted by Gasteiger charge is -2.12. The summed E-state index contributed by atoms with van der Waals surface area (Å²) in [6.45, 7) is 6.04. The molecule has 0 spiro atoms. The number of carbonyl (C=O) groups is 1. The Morgan fingerprint density at radius 2 is 1.89 bits per heavy atom. The summed E-state index contributed by atoms with van der Waals surface area (Å²) in [6.07, 6.45) is 2.93. The maximum absolute atomic E-state index is 12.0. The van der Waals surface area contributed by atoms with Crippen LogP contribution in [0.25, 0.3) is 0 Å². The van der Waals surface area contributed by atoms with Crippen LogP contribution in [0.15, 0.2) is 24.3 Å². The Morgan fingerprint density at radius 3 is 2.39 bits per heavy atom. The van der Waals surface area contributed by atoms with E-state index in [4.69, 9.17) is 10.5 Å². The Bertz CT molecular complexity index is 371. The van der Waals surface area contributed by atoms with E-state index in [2.05, 4.69) is 6.92 Å². The summed E-state index contributed by atoms with van der Waals surface area (Å²) in [6, 6.07) is 6.82. The molecule has 100 valence electrons. The lowest BCUT2D eigenvalue weighted by atomic mass is 10.0. The fourth-order valence-electron chi connectivity index (χ4n) is 1.74. The third-order valence-electron chi connectivity index (χ3n) is 2.72. The Labute approximate surface area is 109 Å². The van der Waals surface area contributed by atoms with Gasteiger partial charge in [-0.3, -0.25) is 4.79 Å². The fraction of sp³-hybridized carbons (Fsp3) is 0.533. The minimum atomic E-state index is -0.387. The first-order valence-electron chi connectivity index (χ1n) is 6.61. The van der Waals surface area contributed by atoms with E-state index in [0.29, 0.717) is 5.56 Å². The molecule has 3 nitrogen and oxygen atoms in total. The van der Waals surface area contributed by atoms with Crippen LogP contribution in [0.2, 0.25) is 0 Å². The van der Waals surface area contributed by atoms with E-state index in [9.17, 15) is 4.79 Å². The normalized spacial score (nSPS) is 12.5. The third-order valence-corrected chi connectivity index (χ3v) is 2.72. The Morgan fingerprint density at radius 1 is 1.28 bits per heavy atom. The second-order valence-electron chi connectivity index (χ2n) is 4.80. The third kappa shape index (κ3) is 4.49. The number of nitrogens with two attached hydrogens (primary N) is 1. The summed E-state index contributed by atoms with van der Waals surface area (Å²) in [4.78, 5) is 12.0. The molecule has 2 N–H and O–H groups in total. The molecule has 1 aromatic rings. The van der Waals surface area contributed by atoms with Crippen molar-refractivity contribution in [2.45, 2.75) is 52.2 Å². The number of Topliss-reactive ketones (excluding diaryl/α,β-unsaturated/α-hetero) is 1. The van der Waals surface area contributed by atoms with Gasteiger partial charge in [0.2, 0.25) is 0 Å². The molecule has 1 atom stereocenters. The molecule has 3 heteroatoms. The molecule has 1 aromatic carbocycles. The molecule has 1 unspecified atom stereocenters. The van der Waals surface area contributed by atoms with Gasteiger partial charge in [-0.25, -0.2) is 0 Å². The van der Waals surface area contributed by atoms with Crippen molar-refractivity contribution in [2.24, 2.45) is 5.73 Å². The summed E-state index contributed by atoms with van der Waals surface area (Å²) < 4.78 is 5.53. The molecule has 1 rings (SSSR count). The van der Waals surface area contributed by atoms with Crippen LogP contribution < -0.4 is 10.5 Å². The number of hydrogen-bond acceptors (Lipinski definition) is 3. The second kappa shape index (κ2) is 7.17. The number of carbonyl (C=O) groups excluding carboxylic acids is 1. The van der Waals surface area contributed by atoms with Crippen molar-refractivity contribution in [3.63, 3.8) is 0 Å². The minimum absolute atomic E-state index is 0.0135. The topological polar surface area (TPSA) is 52.3 Å². The van der Waals surface area contributed by atoms with Crippen molar-refractivity contribution in [1.29, 1.82) is 0 Å². The number of ketones is 1. The first-order valence-corrected chi connectivity index (χ1v) is 6.61. The second-order valence-corrected chi connectivity index (χ2v) is 4.80. The monoisotopic (exact) mass is 249 g/mol. The molecular formula is C15H23NO2. The van der Waals surface area contributed by atoms with Crippen molar-refractivity contribution in [2.75, 3.05) is 0 Å². The molecule has 18 heavy (non-hydrogen) atoms. The van der Waals surface area contributed by atoms with Gasteiger partial charge in [0.25, 0.3) is 0 Å². The zero-order chi connectivity index (χ0) is 13.5. The van der Waals surface area contributed by atoms with E-state index in [1.54, 1.807) is 12.1 Å². The predicted molar refractivity (Wildman–Crippen MR) is 74.0 cm³/mol. The van der Waals surface area contributed by atoms with Crippen molar-refractivity contribution in [3.05, 3.63) is 29.8 Å². The van der Waals surface area contributed by atoms with Gasteiger partial charge in [-0.15, -0.1) is 0 Å². The summed E-state index contributed by atoms with van der Waals surface area (Å²) in [5.41, 5.74) is 6.54. The number of unbranched alkanes of at least 4 members (excludes halogenated alkanes) is 1. The van der Waals surface area contributed by atoms with Crippen LogP contribution in [0.1, 0.15) is 50.4 Å². The first-order chi connectivity index (χ1) is 8.54. The molecule has 0 bridgehead atoms. The van der Waals surface area contributed by atoms with Crippen LogP contribution in [0, 0.1) is 0 Å². The predicted octanol–water partition coefficient (Wildman–Crippen LogP) is 3.17. The zero-order valence-corrected chi connectivity index (χ0v) is 11.5. The van der Waals surface area contributed by atoms with E-state index in [1.807, 2.05) is 26.0 Å². The Hall–Kier alpha value is -1.35. The average molecular weight is 249 g/mol. The van der Waals surface area contributed by atoms with Crippen molar-refractivity contribution < 1.29 is 9.53 Å². The van der Waals surface area contributed by atoms with Crippen molar-refractivity contribution in [3.8, 4) is 5.75 Å². The number of rotatable bonds is 7. The van der Waals surface area contributed by atoms with Gasteiger partial charge in [-0.1, -0.05) is 19.8 Å². The van der Waals surface area contributed by atoms with Gasteiger partial charge in [0.15, 0.2) is 5.78 Å². The molecular weight excluding hydrogens is 226 g/mol. The van der Waals surface area contributed by atoms with Crippen LogP contribution in [-0.2, 0) is 0 Å². The van der Waals surface area contributed by atoms with E-state index in [1.165, 1.54) is 0 Å². The van der Waals surface area contributed by atoms with Crippen LogP contribution in [0.4, 0.5) is 0 Å². The summed E-state index contributed by atoms with van der Waals surface area (Å²) >= 11 is 0. The quantitative estimate of drug-likeness (QED) is 0.755. The zero-order valence-electron chi connectivity index (χ0n) is 11.5. The van der Waals surface area contributed by atoms with Gasteiger partial charge in [-0.2, -0.15) is 0 Å². The molecule has 0 aliphatic heterocycles. The van der Waals surface area contributed by atoms with Crippen LogP contribution in [0.3, 0.4) is 0 Å². The van der Waals surface area contributed by atoms with E-state index < -0.39 is 0 Å². The smallest absolute Gasteiger partial charge is 0.179 e. The van der Waals surface area contributed by atoms with E-state index in [-0.39, 0.29) is 17.9 Å². The largest absolute Gasteiger partial charge is 0.491 e. The molecule has 0 saturated heterocycles. The molecule has 0 aliphatic rings. The molecule has 0 fully saturated rings. The molecule has 0 heterocycles. The lowest BCUT2D eigenvalue weighted by Crippen LogP contribution is -2.30. The van der Waals surface area contributed by atoms with Crippen molar-refractivity contribution >= 4 is 5.78 Å². The van der Waals surface area contributed by atoms with Gasteiger partial charge in [0, 0.05) is 5.56 Å². The Balaban J connectivity index is 2.63.